The Labute approximate surface area is 118 Å². The molecule has 2 aromatic heterocycles. The number of aromatic nitrogens is 2. The van der Waals surface area contributed by atoms with Crippen molar-refractivity contribution in [3.05, 3.63) is 58.3 Å². The van der Waals surface area contributed by atoms with Gasteiger partial charge in [-0.25, -0.2) is 0 Å². The fraction of sp³-hybridized carbons (Fsp3) is 0.333. The smallest absolute Gasteiger partial charge is 0.252 e. The summed E-state index contributed by atoms with van der Waals surface area (Å²) in [5, 5.41) is 3.22. The summed E-state index contributed by atoms with van der Waals surface area (Å²) < 4.78 is 6.71. The van der Waals surface area contributed by atoms with Gasteiger partial charge in [-0.2, -0.15) is 0 Å². The summed E-state index contributed by atoms with van der Waals surface area (Å²) in [6.45, 7) is 3.62. The van der Waals surface area contributed by atoms with Gasteiger partial charge in [0.15, 0.2) is 0 Å². The van der Waals surface area contributed by atoms with Crippen LogP contribution in [0, 0.1) is 6.92 Å². The molecule has 0 bridgehead atoms. The van der Waals surface area contributed by atoms with Gasteiger partial charge in [0.1, 0.15) is 0 Å². The molecule has 0 aliphatic heterocycles. The zero-order chi connectivity index (χ0) is 14.4. The SMILES string of the molecule is COCCn1c(C)cc(NCc2ccccn2)cc1=O. The molecular formula is C15H19N3O2. The van der Waals surface area contributed by atoms with Crippen molar-refractivity contribution in [2.24, 2.45) is 0 Å². The van der Waals surface area contributed by atoms with Crippen molar-refractivity contribution in [2.45, 2.75) is 20.0 Å². The topological polar surface area (TPSA) is 56.1 Å². The molecule has 1 N–H and O–H groups in total. The van der Waals surface area contributed by atoms with E-state index in [1.54, 1.807) is 23.9 Å². The van der Waals surface area contributed by atoms with E-state index in [2.05, 4.69) is 10.3 Å². The number of nitrogens with one attached hydrogen (secondary N) is 1. The highest BCUT2D eigenvalue weighted by Gasteiger charge is 2.03. The molecule has 2 aromatic rings. The summed E-state index contributed by atoms with van der Waals surface area (Å²) in [7, 11) is 1.63. The standard InChI is InChI=1S/C15H19N3O2/c1-12-9-14(10-15(19)18(12)7-8-20-2)17-11-13-5-3-4-6-16-13/h3-6,9-10,17H,7-8,11H2,1-2H3. The Kier molecular flexibility index (Phi) is 4.90. The first-order chi connectivity index (χ1) is 9.70. The van der Waals surface area contributed by atoms with Gasteiger partial charge in [0.2, 0.25) is 0 Å². The largest absolute Gasteiger partial charge is 0.383 e. The molecule has 0 aliphatic carbocycles. The lowest BCUT2D eigenvalue weighted by molar-refractivity contribution is 0.185. The Morgan fingerprint density at radius 3 is 2.85 bits per heavy atom. The van der Waals surface area contributed by atoms with Gasteiger partial charge in [-0.3, -0.25) is 9.78 Å². The summed E-state index contributed by atoms with van der Waals surface area (Å²) in [6, 6.07) is 9.33. The molecule has 2 rings (SSSR count). The molecule has 0 aliphatic rings. The van der Waals surface area contributed by atoms with Crippen molar-refractivity contribution in [1.29, 1.82) is 0 Å². The number of anilines is 1. The van der Waals surface area contributed by atoms with Gasteiger partial charge < -0.3 is 14.6 Å². The lowest BCUT2D eigenvalue weighted by Gasteiger charge is -2.12. The number of methoxy groups -OCH3 is 1. The number of rotatable bonds is 6. The molecule has 5 heteroatoms. The summed E-state index contributed by atoms with van der Waals surface area (Å²) in [5.41, 5.74) is 2.64. The van der Waals surface area contributed by atoms with Crippen molar-refractivity contribution in [1.82, 2.24) is 9.55 Å². The molecule has 0 saturated carbocycles. The van der Waals surface area contributed by atoms with Gasteiger partial charge in [0.05, 0.1) is 18.8 Å². The first kappa shape index (κ1) is 14.3. The molecular weight excluding hydrogens is 254 g/mol. The van der Waals surface area contributed by atoms with Gasteiger partial charge >= 0.3 is 0 Å². The molecule has 0 radical (unpaired) electrons. The molecule has 106 valence electrons. The van der Waals surface area contributed by atoms with E-state index in [0.717, 1.165) is 17.1 Å². The molecule has 0 aromatic carbocycles. The summed E-state index contributed by atoms with van der Waals surface area (Å²) >= 11 is 0. The van der Waals surface area contributed by atoms with E-state index >= 15 is 0 Å². The van der Waals surface area contributed by atoms with Crippen molar-refractivity contribution in [3.63, 3.8) is 0 Å². The van der Waals surface area contributed by atoms with Gasteiger partial charge in [-0.1, -0.05) is 6.07 Å². The summed E-state index contributed by atoms with van der Waals surface area (Å²) in [5.74, 6) is 0. The minimum absolute atomic E-state index is 0.0226. The van der Waals surface area contributed by atoms with Crippen LogP contribution in [0.4, 0.5) is 5.69 Å². The van der Waals surface area contributed by atoms with Crippen LogP contribution in [0.15, 0.2) is 41.3 Å². The first-order valence-corrected chi connectivity index (χ1v) is 6.55. The lowest BCUT2D eigenvalue weighted by atomic mass is 10.3. The van der Waals surface area contributed by atoms with E-state index in [4.69, 9.17) is 4.74 Å². The number of nitrogens with zero attached hydrogens (tertiary/aromatic N) is 2. The number of pyridine rings is 2. The highest BCUT2D eigenvalue weighted by Crippen LogP contribution is 2.08. The van der Waals surface area contributed by atoms with Crippen molar-refractivity contribution in [3.8, 4) is 0 Å². The summed E-state index contributed by atoms with van der Waals surface area (Å²) in [4.78, 5) is 16.3. The second-order valence-corrected chi connectivity index (χ2v) is 4.54. The van der Waals surface area contributed by atoms with Crippen LogP contribution in [0.3, 0.4) is 0 Å². The Bertz CT molecular complexity index is 608. The van der Waals surface area contributed by atoms with Crippen LogP contribution in [-0.2, 0) is 17.8 Å². The highest BCUT2D eigenvalue weighted by molar-refractivity contribution is 5.43. The molecule has 0 fully saturated rings. The second-order valence-electron chi connectivity index (χ2n) is 4.54. The summed E-state index contributed by atoms with van der Waals surface area (Å²) in [6.07, 6.45) is 1.75. The Morgan fingerprint density at radius 2 is 2.20 bits per heavy atom. The molecule has 0 unspecified atom stereocenters. The second kappa shape index (κ2) is 6.86. The fourth-order valence-corrected chi connectivity index (χ4v) is 2.00. The number of hydrogen-bond acceptors (Lipinski definition) is 4. The van der Waals surface area contributed by atoms with E-state index in [1.165, 1.54) is 0 Å². The monoisotopic (exact) mass is 273 g/mol. The average Bonchev–Trinajstić information content (AvgIpc) is 2.45. The van der Waals surface area contributed by atoms with Crippen molar-refractivity contribution >= 4 is 5.69 Å². The van der Waals surface area contributed by atoms with Crippen molar-refractivity contribution < 1.29 is 4.74 Å². The Morgan fingerprint density at radius 1 is 1.35 bits per heavy atom. The first-order valence-electron chi connectivity index (χ1n) is 6.55. The Hall–Kier alpha value is -2.14. The molecule has 0 saturated heterocycles. The minimum Gasteiger partial charge on any atom is -0.383 e. The quantitative estimate of drug-likeness (QED) is 0.872. The normalized spacial score (nSPS) is 10.5. The molecule has 0 spiro atoms. The predicted octanol–water partition coefficient (Wildman–Crippen LogP) is 1.81. The zero-order valence-corrected chi connectivity index (χ0v) is 11.8. The van der Waals surface area contributed by atoms with Crippen LogP contribution >= 0.6 is 0 Å². The maximum Gasteiger partial charge on any atom is 0.252 e. The van der Waals surface area contributed by atoms with Crippen molar-refractivity contribution in [2.75, 3.05) is 19.0 Å². The number of ether oxygens (including phenoxy) is 1. The molecule has 0 atom stereocenters. The average molecular weight is 273 g/mol. The maximum absolute atomic E-state index is 12.0. The van der Waals surface area contributed by atoms with E-state index in [9.17, 15) is 4.79 Å². The molecule has 20 heavy (non-hydrogen) atoms. The van der Waals surface area contributed by atoms with Gasteiger partial charge in [0, 0.05) is 37.3 Å². The van der Waals surface area contributed by atoms with E-state index in [1.807, 2.05) is 31.2 Å². The van der Waals surface area contributed by atoms with Crippen LogP contribution < -0.4 is 10.9 Å². The number of hydrogen-bond donors (Lipinski definition) is 1. The minimum atomic E-state index is -0.0226. The third-order valence-electron chi connectivity index (χ3n) is 3.05. The van der Waals surface area contributed by atoms with Crippen LogP contribution in [0.1, 0.15) is 11.4 Å². The maximum atomic E-state index is 12.0. The van der Waals surface area contributed by atoms with Crippen LogP contribution in [-0.4, -0.2) is 23.3 Å². The Balaban J connectivity index is 2.08. The van der Waals surface area contributed by atoms with Gasteiger partial charge in [0.25, 0.3) is 5.56 Å². The molecule has 2 heterocycles. The molecule has 0 amide bonds. The van der Waals surface area contributed by atoms with Crippen LogP contribution in [0.5, 0.6) is 0 Å². The third kappa shape index (κ3) is 3.68. The van der Waals surface area contributed by atoms with Crippen LogP contribution in [0.25, 0.3) is 0 Å². The van der Waals surface area contributed by atoms with E-state index in [0.29, 0.717) is 19.7 Å². The molecule has 5 nitrogen and oxygen atoms in total. The number of aryl methyl sites for hydroxylation is 1. The highest BCUT2D eigenvalue weighted by atomic mass is 16.5. The van der Waals surface area contributed by atoms with Gasteiger partial charge in [-0.05, 0) is 25.1 Å². The fourth-order valence-electron chi connectivity index (χ4n) is 2.00. The third-order valence-corrected chi connectivity index (χ3v) is 3.05. The van der Waals surface area contributed by atoms with E-state index in [-0.39, 0.29) is 5.56 Å². The zero-order valence-electron chi connectivity index (χ0n) is 11.8. The predicted molar refractivity (Wildman–Crippen MR) is 78.9 cm³/mol. The van der Waals surface area contributed by atoms with Crippen LogP contribution in [0.2, 0.25) is 0 Å². The lowest BCUT2D eigenvalue weighted by Crippen LogP contribution is -2.24. The van der Waals surface area contributed by atoms with E-state index < -0.39 is 0 Å². The van der Waals surface area contributed by atoms with Gasteiger partial charge in [-0.15, -0.1) is 0 Å².